The minimum Gasteiger partial charge on any atom is -0.0654 e. The molecule has 0 aliphatic carbocycles. The molecule has 2 aromatic rings. The van der Waals surface area contributed by atoms with Gasteiger partial charge in [-0.2, -0.15) is 0 Å². The molecule has 0 amide bonds. The Morgan fingerprint density at radius 3 is 0.976 bits per heavy atom. The molecule has 0 aliphatic rings. The molecular formula is C80H136N2Ni+. The number of unbranched alkanes of at least 4 members (excludes halogenated alkanes) is 48. The minimum absolute atomic E-state index is 0.951. The minimum atomic E-state index is 0.951. The number of benzene rings is 2. The summed E-state index contributed by atoms with van der Waals surface area (Å²) in [6, 6.07) is 17.8. The van der Waals surface area contributed by atoms with Gasteiger partial charge in [0.15, 0.2) is 0 Å². The van der Waals surface area contributed by atoms with Gasteiger partial charge in [0, 0.05) is 0 Å². The number of hydrogen-bond donors (Lipinski definition) is 0. The predicted octanol–water partition coefficient (Wildman–Crippen LogP) is 27.0. The Hall–Kier alpha value is -2.61. The van der Waals surface area contributed by atoms with E-state index in [0.717, 1.165) is 89.2 Å². The van der Waals surface area contributed by atoms with E-state index in [2.05, 4.69) is 104 Å². The van der Waals surface area contributed by atoms with Crippen molar-refractivity contribution in [2.45, 2.75) is 400 Å². The van der Waals surface area contributed by atoms with E-state index < -0.39 is 0 Å². The Labute approximate surface area is 527 Å². The van der Waals surface area contributed by atoms with Gasteiger partial charge < -0.3 is 0 Å². The molecule has 2 rings (SSSR count). The van der Waals surface area contributed by atoms with Crippen LogP contribution in [0.3, 0.4) is 0 Å². The van der Waals surface area contributed by atoms with Crippen LogP contribution in [0.5, 0.6) is 0 Å². The fourth-order valence-electron chi connectivity index (χ4n) is 12.1. The van der Waals surface area contributed by atoms with E-state index in [9.17, 15) is 0 Å². The first-order valence-electron chi connectivity index (χ1n) is 37.1. The third-order valence-corrected chi connectivity index (χ3v) is 18.1. The Morgan fingerprint density at radius 1 is 0.313 bits per heavy atom. The molecular weight excluding hydrogens is 1050 g/mol. The van der Waals surface area contributed by atoms with Gasteiger partial charge in [0.05, 0.1) is 0 Å². The standard InChI is InChI=1S/C80H136N2.Ni/c1-5-9-13-16-18-20-22-24-26-28-30-32-34-36-38-40-42-44-46-48-50-52-54-56-58-60-67-75-69-63-65-72-77(75)81-79(71-12-8-4)80(74-62-15-11-7-3)82-78-73-66-64-70-76(78)68-61-59-57-55-53-51-49-47-45-43-41-39-37-35-33-31-29-27-25-23-21-19-17-14-10-6-2;/h63-66,69-70,72-73H,5-53,58-62,67-68,71,74H2,1-4H3;/q;+1. The fourth-order valence-corrected chi connectivity index (χ4v) is 12.5. The van der Waals surface area contributed by atoms with Crippen molar-refractivity contribution in [1.29, 1.82) is 0 Å². The fraction of sp³-hybridized carbons (Fsp3) is 0.775. The third-order valence-electron chi connectivity index (χ3n) is 17.6. The van der Waals surface area contributed by atoms with Crippen LogP contribution < -0.4 is 0 Å². The van der Waals surface area contributed by atoms with E-state index in [1.165, 1.54) is 317 Å². The second-order valence-corrected chi connectivity index (χ2v) is 25.9. The molecule has 0 radical (unpaired) electrons. The third kappa shape index (κ3) is 46.3. The van der Waals surface area contributed by atoms with Crippen molar-refractivity contribution in [3.05, 3.63) is 59.7 Å². The van der Waals surface area contributed by atoms with Crippen molar-refractivity contribution in [2.24, 2.45) is 4.99 Å². The van der Waals surface area contributed by atoms with Crippen LogP contribution in [0.4, 0.5) is 11.4 Å². The molecule has 0 aliphatic heterocycles. The summed E-state index contributed by atoms with van der Waals surface area (Å²) in [5, 5.41) is 0. The molecule has 3 heteroatoms. The number of aliphatic imine (C=N–C) groups is 1. The summed E-state index contributed by atoms with van der Waals surface area (Å²) >= 11 is 6.06. The molecule has 2 nitrogen and oxygen atoms in total. The van der Waals surface area contributed by atoms with Crippen molar-refractivity contribution in [1.82, 2.24) is 0 Å². The Balaban J connectivity index is 1.73. The van der Waals surface area contributed by atoms with E-state index in [1.54, 1.807) is 0 Å². The van der Waals surface area contributed by atoms with E-state index >= 15 is 0 Å². The van der Waals surface area contributed by atoms with Crippen LogP contribution in [-0.2, 0) is 28.5 Å². The van der Waals surface area contributed by atoms with Gasteiger partial charge >= 0.3 is 266 Å². The first-order valence-corrected chi connectivity index (χ1v) is 37.5. The number of rotatable bonds is 59. The van der Waals surface area contributed by atoms with Gasteiger partial charge in [-0.25, -0.2) is 0 Å². The maximum atomic E-state index is 6.06. The van der Waals surface area contributed by atoms with E-state index in [1.807, 2.05) is 0 Å². The molecule has 0 aromatic heterocycles. The van der Waals surface area contributed by atoms with Gasteiger partial charge in [0.25, 0.3) is 0 Å². The molecule has 0 spiro atoms. The van der Waals surface area contributed by atoms with Crippen molar-refractivity contribution in [2.75, 3.05) is 0 Å². The van der Waals surface area contributed by atoms with E-state index in [-0.39, 0.29) is 0 Å². The summed E-state index contributed by atoms with van der Waals surface area (Å²) in [5.74, 6) is 14.1. The van der Waals surface area contributed by atoms with E-state index in [4.69, 9.17) is 20.7 Å². The van der Waals surface area contributed by atoms with Crippen molar-refractivity contribution >= 4 is 22.8 Å². The second-order valence-electron chi connectivity index (χ2n) is 25.5. The Kier molecular flexibility index (Phi) is 56.3. The average molecular weight is 1180 g/mol. The molecule has 0 saturated carbocycles. The zero-order chi connectivity index (χ0) is 59.2. The van der Waals surface area contributed by atoms with Crippen LogP contribution in [0, 0.1) is 23.7 Å². The normalized spacial score (nSPS) is 11.9. The van der Waals surface area contributed by atoms with Gasteiger partial charge in [0.1, 0.15) is 0 Å². The SMILES string of the molecule is CCCCCCCCCCCCCCCCCCCCCCCC#CCCCc1ccccc1N=C(CCCCCC)C(CCCC)=[N+]([Ni])c1ccccc1CCCC#CCCCCCCCCCCCCCCCCCCCCCCC. The molecule has 0 saturated heterocycles. The molecule has 475 valence electrons. The molecule has 0 N–H and O–H groups in total. The summed E-state index contributed by atoms with van der Waals surface area (Å²) in [6.07, 6.45) is 77.2. The van der Waals surface area contributed by atoms with Gasteiger partial charge in [-0.15, -0.1) is 0 Å². The quantitative estimate of drug-likeness (QED) is 0.0271. The number of hydrogen-bond acceptors (Lipinski definition) is 1. The summed E-state index contributed by atoms with van der Waals surface area (Å²) in [5.41, 5.74) is 7.39. The van der Waals surface area contributed by atoms with Crippen LogP contribution in [0.2, 0.25) is 0 Å². The monoisotopic (exact) mass is 1180 g/mol. The van der Waals surface area contributed by atoms with Gasteiger partial charge in [0.2, 0.25) is 0 Å². The Bertz CT molecular complexity index is 1920. The van der Waals surface area contributed by atoms with Crippen LogP contribution in [0.25, 0.3) is 0 Å². The summed E-state index contributed by atoms with van der Waals surface area (Å²) < 4.78 is 2.15. The molecule has 2 aromatic carbocycles. The zero-order valence-electron chi connectivity index (χ0n) is 55.8. The van der Waals surface area contributed by atoms with Crippen molar-refractivity contribution in [3.63, 3.8) is 0 Å². The molecule has 0 unspecified atom stereocenters. The Morgan fingerprint density at radius 2 is 0.602 bits per heavy atom. The second kappa shape index (κ2) is 61.1. The first kappa shape index (κ1) is 76.5. The smallest absolute Gasteiger partial charge is 0.0654 e. The first-order chi connectivity index (χ1) is 41.2. The predicted molar refractivity (Wildman–Crippen MR) is 369 cm³/mol. The molecule has 0 bridgehead atoms. The van der Waals surface area contributed by atoms with Crippen molar-refractivity contribution in [3.8, 4) is 23.7 Å². The summed E-state index contributed by atoms with van der Waals surface area (Å²) in [6.45, 7) is 9.22. The number of aryl methyl sites for hydroxylation is 2. The molecule has 0 fully saturated rings. The zero-order valence-corrected chi connectivity index (χ0v) is 56.8. The van der Waals surface area contributed by atoms with Crippen LogP contribution >= 0.6 is 0 Å². The van der Waals surface area contributed by atoms with E-state index in [0.29, 0.717) is 0 Å². The topological polar surface area (TPSA) is 15.4 Å². The molecule has 0 heterocycles. The maximum absolute atomic E-state index is 6.06. The number of nitrogens with zero attached hydrogens (tertiary/aromatic N) is 2. The van der Waals surface area contributed by atoms with Gasteiger partial charge in [-0.1, -0.05) is 258 Å². The number of para-hydroxylation sites is 2. The molecule has 83 heavy (non-hydrogen) atoms. The van der Waals surface area contributed by atoms with Crippen LogP contribution in [-0.4, -0.2) is 15.1 Å². The average Bonchev–Trinajstić information content (AvgIpc) is 3.52. The van der Waals surface area contributed by atoms with Crippen LogP contribution in [0.1, 0.15) is 398 Å². The van der Waals surface area contributed by atoms with Crippen molar-refractivity contribution < 1.29 is 19.3 Å². The molecule has 0 atom stereocenters. The summed E-state index contributed by atoms with van der Waals surface area (Å²) in [4.78, 5) is 5.59. The van der Waals surface area contributed by atoms with Gasteiger partial charge in [-0.3, -0.25) is 0 Å². The van der Waals surface area contributed by atoms with Crippen LogP contribution in [0.15, 0.2) is 53.5 Å². The van der Waals surface area contributed by atoms with Gasteiger partial charge in [-0.05, 0) is 6.42 Å². The summed E-state index contributed by atoms with van der Waals surface area (Å²) in [7, 11) is 0.